The first-order valence-corrected chi connectivity index (χ1v) is 5.59. The summed E-state index contributed by atoms with van der Waals surface area (Å²) in [6.07, 6.45) is 0. The van der Waals surface area contributed by atoms with Crippen LogP contribution in [0.2, 0.25) is 0 Å². The first kappa shape index (κ1) is 14.5. The van der Waals surface area contributed by atoms with Crippen LogP contribution in [0.25, 0.3) is 0 Å². The number of hydrogen-bond acceptors (Lipinski definition) is 1. The summed E-state index contributed by atoms with van der Waals surface area (Å²) in [7, 11) is 0. The smallest absolute Gasteiger partial charge is 0.236 e. The van der Waals surface area contributed by atoms with E-state index >= 15 is 0 Å². The van der Waals surface area contributed by atoms with Gasteiger partial charge in [-0.05, 0) is 22.6 Å². The van der Waals surface area contributed by atoms with E-state index in [0.29, 0.717) is 5.41 Å². The van der Waals surface area contributed by atoms with Crippen molar-refractivity contribution in [2.24, 2.45) is 0 Å². The van der Waals surface area contributed by atoms with Gasteiger partial charge in [0.1, 0.15) is 0 Å². The normalized spacial score (nSPS) is 10.2. The molecule has 1 nitrogen and oxygen atoms in total. The van der Waals surface area contributed by atoms with Gasteiger partial charge in [-0.3, -0.25) is 4.79 Å². The van der Waals surface area contributed by atoms with Gasteiger partial charge in [0, 0.05) is 0 Å². The summed E-state index contributed by atoms with van der Waals surface area (Å²) in [5.41, 5.74) is 1.69. The SMILES string of the molecule is CC(C)(C)c1ccccc1.O=C(Cl)CCl. The molecule has 0 saturated carbocycles. The molecule has 1 aromatic rings. The zero-order valence-corrected chi connectivity index (χ0v) is 10.8. The van der Waals surface area contributed by atoms with Gasteiger partial charge in [0.05, 0.1) is 5.88 Å². The molecule has 0 aliphatic carbocycles. The minimum Gasteiger partial charge on any atom is -0.280 e. The molecule has 0 saturated heterocycles. The molecule has 15 heavy (non-hydrogen) atoms. The Bertz CT molecular complexity index is 288. The Morgan fingerprint density at radius 2 is 1.60 bits per heavy atom. The van der Waals surface area contributed by atoms with E-state index in [9.17, 15) is 4.79 Å². The topological polar surface area (TPSA) is 17.1 Å². The van der Waals surface area contributed by atoms with Crippen LogP contribution in [0.15, 0.2) is 30.3 Å². The number of hydrogen-bond donors (Lipinski definition) is 0. The van der Waals surface area contributed by atoms with Crippen molar-refractivity contribution in [1.82, 2.24) is 0 Å². The highest BCUT2D eigenvalue weighted by molar-refractivity contribution is 6.67. The molecule has 0 aliphatic rings. The van der Waals surface area contributed by atoms with E-state index < -0.39 is 5.24 Å². The Morgan fingerprint density at radius 1 is 1.20 bits per heavy atom. The van der Waals surface area contributed by atoms with E-state index in [0.717, 1.165) is 0 Å². The maximum absolute atomic E-state index is 9.45. The molecule has 84 valence electrons. The van der Waals surface area contributed by atoms with E-state index in [2.05, 4.69) is 51.1 Å². The lowest BCUT2D eigenvalue weighted by molar-refractivity contribution is -0.109. The lowest BCUT2D eigenvalue weighted by Gasteiger charge is -2.18. The maximum Gasteiger partial charge on any atom is 0.236 e. The van der Waals surface area contributed by atoms with Crippen molar-refractivity contribution in [3.05, 3.63) is 35.9 Å². The second-order valence-electron chi connectivity index (χ2n) is 4.10. The second-order valence-corrected chi connectivity index (χ2v) is 4.79. The first-order chi connectivity index (χ1) is 6.88. The van der Waals surface area contributed by atoms with Crippen molar-refractivity contribution in [2.75, 3.05) is 5.88 Å². The highest BCUT2D eigenvalue weighted by Crippen LogP contribution is 2.20. The van der Waals surface area contributed by atoms with Crippen LogP contribution in [-0.4, -0.2) is 11.1 Å². The van der Waals surface area contributed by atoms with Crippen molar-refractivity contribution in [2.45, 2.75) is 26.2 Å². The Kier molecular flexibility index (Phi) is 6.62. The Hall–Kier alpha value is -0.530. The lowest BCUT2D eigenvalue weighted by Crippen LogP contribution is -2.10. The highest BCUT2D eigenvalue weighted by Gasteiger charge is 2.11. The van der Waals surface area contributed by atoms with Crippen molar-refractivity contribution >= 4 is 28.4 Å². The van der Waals surface area contributed by atoms with Crippen LogP contribution < -0.4 is 0 Å². The molecular weight excluding hydrogens is 231 g/mol. The predicted molar refractivity (Wildman–Crippen MR) is 66.7 cm³/mol. The van der Waals surface area contributed by atoms with Gasteiger partial charge in [0.2, 0.25) is 5.24 Å². The van der Waals surface area contributed by atoms with E-state index in [1.807, 2.05) is 0 Å². The highest BCUT2D eigenvalue weighted by atomic mass is 35.5. The lowest BCUT2D eigenvalue weighted by atomic mass is 9.87. The van der Waals surface area contributed by atoms with E-state index in [4.69, 9.17) is 23.2 Å². The summed E-state index contributed by atoms with van der Waals surface area (Å²) >= 11 is 9.55. The van der Waals surface area contributed by atoms with Gasteiger partial charge < -0.3 is 0 Å². The van der Waals surface area contributed by atoms with Gasteiger partial charge >= 0.3 is 0 Å². The van der Waals surface area contributed by atoms with Crippen molar-refractivity contribution in [1.29, 1.82) is 0 Å². The van der Waals surface area contributed by atoms with Gasteiger partial charge in [0.25, 0.3) is 0 Å². The summed E-state index contributed by atoms with van der Waals surface area (Å²) < 4.78 is 0. The minimum absolute atomic E-state index is 0.0957. The molecule has 0 N–H and O–H groups in total. The molecule has 3 heteroatoms. The second kappa shape index (κ2) is 6.86. The molecule has 0 spiro atoms. The van der Waals surface area contributed by atoms with Crippen LogP contribution in [0.5, 0.6) is 0 Å². The average molecular weight is 247 g/mol. The fourth-order valence-corrected chi connectivity index (χ4v) is 0.938. The van der Waals surface area contributed by atoms with Crippen LogP contribution in [0.3, 0.4) is 0 Å². The van der Waals surface area contributed by atoms with Crippen LogP contribution in [0.1, 0.15) is 26.3 Å². The molecular formula is C12H16Cl2O. The van der Waals surface area contributed by atoms with Gasteiger partial charge in [0.15, 0.2) is 0 Å². The molecule has 0 amide bonds. The van der Waals surface area contributed by atoms with Crippen LogP contribution >= 0.6 is 23.2 Å². The van der Waals surface area contributed by atoms with Gasteiger partial charge in [-0.2, -0.15) is 0 Å². The van der Waals surface area contributed by atoms with Crippen LogP contribution in [0, 0.1) is 0 Å². The molecule has 0 radical (unpaired) electrons. The van der Waals surface area contributed by atoms with Crippen LogP contribution in [-0.2, 0) is 10.2 Å². The molecule has 0 aliphatic heterocycles. The monoisotopic (exact) mass is 246 g/mol. The van der Waals surface area contributed by atoms with E-state index in [-0.39, 0.29) is 5.88 Å². The van der Waals surface area contributed by atoms with Crippen LogP contribution in [0.4, 0.5) is 0 Å². The molecule has 0 aromatic heterocycles. The number of benzene rings is 1. The van der Waals surface area contributed by atoms with Gasteiger partial charge in [-0.1, -0.05) is 51.1 Å². The zero-order chi connectivity index (χ0) is 11.9. The predicted octanol–water partition coefficient (Wildman–Crippen LogP) is 3.97. The van der Waals surface area contributed by atoms with Gasteiger partial charge in [-0.25, -0.2) is 0 Å². The largest absolute Gasteiger partial charge is 0.280 e. The fraction of sp³-hybridized carbons (Fsp3) is 0.417. The molecule has 0 atom stereocenters. The fourth-order valence-electron chi connectivity index (χ4n) is 0.938. The third-order valence-corrected chi connectivity index (χ3v) is 2.26. The molecule has 1 aromatic carbocycles. The summed E-state index contributed by atoms with van der Waals surface area (Å²) in [6.45, 7) is 6.67. The van der Waals surface area contributed by atoms with Gasteiger partial charge in [-0.15, -0.1) is 11.6 Å². The molecule has 0 heterocycles. The number of alkyl halides is 1. The standard InChI is InChI=1S/C10H14.C2H2Cl2O/c1-10(2,3)9-7-5-4-6-8-9;3-1-2(4)5/h4-8H,1-3H3;1H2. The van der Waals surface area contributed by atoms with Crippen molar-refractivity contribution in [3.8, 4) is 0 Å². The van der Waals surface area contributed by atoms with Crippen molar-refractivity contribution in [3.63, 3.8) is 0 Å². The number of carbonyl (C=O) groups is 1. The average Bonchev–Trinajstić information content (AvgIpc) is 2.19. The Labute approximate surface area is 101 Å². The summed E-state index contributed by atoms with van der Waals surface area (Å²) in [6, 6.07) is 10.6. The number of halogens is 2. The first-order valence-electron chi connectivity index (χ1n) is 4.67. The van der Waals surface area contributed by atoms with E-state index in [1.165, 1.54) is 5.56 Å². The number of rotatable bonds is 1. The summed E-state index contributed by atoms with van der Waals surface area (Å²) in [4.78, 5) is 9.45. The maximum atomic E-state index is 9.45. The van der Waals surface area contributed by atoms with Crippen molar-refractivity contribution < 1.29 is 4.79 Å². The summed E-state index contributed by atoms with van der Waals surface area (Å²) in [5.74, 6) is -0.0957. The number of carbonyl (C=O) groups excluding carboxylic acids is 1. The zero-order valence-electron chi connectivity index (χ0n) is 9.26. The Balaban J connectivity index is 0.000000336. The molecule has 0 bridgehead atoms. The van der Waals surface area contributed by atoms with E-state index in [1.54, 1.807) is 0 Å². The third kappa shape index (κ3) is 7.40. The quantitative estimate of drug-likeness (QED) is 0.542. The summed E-state index contributed by atoms with van der Waals surface area (Å²) in [5, 5.41) is -0.508. The third-order valence-electron chi connectivity index (χ3n) is 1.74. The molecule has 0 fully saturated rings. The minimum atomic E-state index is -0.508. The molecule has 1 rings (SSSR count). The Morgan fingerprint density at radius 3 is 1.80 bits per heavy atom. The molecule has 0 unspecified atom stereocenters.